The van der Waals surface area contributed by atoms with Crippen LogP contribution in [0.1, 0.15) is 33.1 Å². The lowest BCUT2D eigenvalue weighted by molar-refractivity contribution is -0.129. The molecule has 1 heterocycles. The first-order valence-corrected chi connectivity index (χ1v) is 10.1. The predicted octanol–water partition coefficient (Wildman–Crippen LogP) is 4.57. The van der Waals surface area contributed by atoms with E-state index in [1.807, 2.05) is 60.7 Å². The minimum Gasteiger partial charge on any atom is -0.503 e. The van der Waals surface area contributed by atoms with Gasteiger partial charge in [-0.15, -0.1) is 0 Å². The van der Waals surface area contributed by atoms with Crippen LogP contribution in [0.3, 0.4) is 0 Å². The van der Waals surface area contributed by atoms with E-state index < -0.39 is 17.9 Å². The molecule has 0 unspecified atom stereocenters. The van der Waals surface area contributed by atoms with Crippen LogP contribution >= 0.6 is 0 Å². The molecule has 4 rings (SSSR count). The molecule has 3 aromatic carbocycles. The molecular weight excluding hydrogens is 390 g/mol. The number of benzene rings is 3. The van der Waals surface area contributed by atoms with Gasteiger partial charge in [0.05, 0.1) is 18.7 Å². The van der Waals surface area contributed by atoms with Gasteiger partial charge in [-0.3, -0.25) is 4.79 Å². The molecule has 0 bridgehead atoms. The van der Waals surface area contributed by atoms with Gasteiger partial charge in [-0.2, -0.15) is 0 Å². The van der Waals surface area contributed by atoms with Gasteiger partial charge >= 0.3 is 5.97 Å². The minimum absolute atomic E-state index is 0.235. The summed E-state index contributed by atoms with van der Waals surface area (Å²) in [6, 6.07) is 25.9. The van der Waals surface area contributed by atoms with Crippen LogP contribution in [-0.2, 0) is 16.0 Å². The summed E-state index contributed by atoms with van der Waals surface area (Å²) >= 11 is 0. The highest BCUT2D eigenvalue weighted by Crippen LogP contribution is 2.43. The van der Waals surface area contributed by atoms with Crippen molar-refractivity contribution < 1.29 is 19.4 Å². The highest BCUT2D eigenvalue weighted by Gasteiger charge is 2.40. The summed E-state index contributed by atoms with van der Waals surface area (Å²) < 4.78 is 4.78. The third-order valence-corrected chi connectivity index (χ3v) is 5.52. The van der Waals surface area contributed by atoms with Crippen molar-refractivity contribution in [2.45, 2.75) is 12.5 Å². The molecule has 0 saturated heterocycles. The summed E-state index contributed by atoms with van der Waals surface area (Å²) in [5.74, 6) is -1.05. The van der Waals surface area contributed by atoms with E-state index in [9.17, 15) is 14.7 Å². The Bertz CT molecular complexity index is 1110. The highest BCUT2D eigenvalue weighted by molar-refractivity contribution is 6.05. The summed E-state index contributed by atoms with van der Waals surface area (Å²) in [4.78, 5) is 26.6. The molecule has 31 heavy (non-hydrogen) atoms. The first-order valence-electron chi connectivity index (χ1n) is 10.1. The number of nitrogens with zero attached hydrogens (tertiary/aromatic N) is 1. The van der Waals surface area contributed by atoms with Gasteiger partial charge in [0, 0.05) is 12.1 Å². The van der Waals surface area contributed by atoms with Crippen molar-refractivity contribution in [3.8, 4) is 0 Å². The maximum atomic E-state index is 13.1. The smallest absolute Gasteiger partial charge is 0.337 e. The van der Waals surface area contributed by atoms with E-state index in [1.54, 1.807) is 29.2 Å². The van der Waals surface area contributed by atoms with Crippen molar-refractivity contribution >= 4 is 17.4 Å². The lowest BCUT2D eigenvalue weighted by Gasteiger charge is -2.27. The second kappa shape index (κ2) is 8.88. The highest BCUT2D eigenvalue weighted by atomic mass is 16.5. The van der Waals surface area contributed by atoms with E-state index in [1.165, 1.54) is 7.11 Å². The Balaban J connectivity index is 1.72. The molecule has 0 fully saturated rings. The van der Waals surface area contributed by atoms with Gasteiger partial charge in [-0.1, -0.05) is 72.8 Å². The maximum absolute atomic E-state index is 13.1. The van der Waals surface area contributed by atoms with E-state index in [2.05, 4.69) is 0 Å². The van der Waals surface area contributed by atoms with Crippen LogP contribution in [0.25, 0.3) is 5.57 Å². The molecule has 0 spiro atoms. The van der Waals surface area contributed by atoms with E-state index in [4.69, 9.17) is 4.74 Å². The zero-order chi connectivity index (χ0) is 21.8. The van der Waals surface area contributed by atoms with Crippen molar-refractivity contribution in [1.29, 1.82) is 0 Å². The second-order valence-electron chi connectivity index (χ2n) is 7.38. The van der Waals surface area contributed by atoms with Crippen LogP contribution in [0.15, 0.2) is 90.7 Å². The van der Waals surface area contributed by atoms with Crippen molar-refractivity contribution in [1.82, 2.24) is 4.90 Å². The molecule has 1 aliphatic heterocycles. The number of hydrogen-bond donors (Lipinski definition) is 1. The van der Waals surface area contributed by atoms with Gasteiger partial charge in [0.1, 0.15) is 0 Å². The fourth-order valence-corrected chi connectivity index (χ4v) is 3.96. The molecule has 0 aromatic heterocycles. The van der Waals surface area contributed by atoms with E-state index >= 15 is 0 Å². The van der Waals surface area contributed by atoms with Gasteiger partial charge < -0.3 is 14.7 Å². The number of rotatable bonds is 6. The van der Waals surface area contributed by atoms with E-state index in [0.717, 1.165) is 16.7 Å². The zero-order valence-corrected chi connectivity index (χ0v) is 17.2. The normalized spacial score (nSPS) is 16.0. The first kappa shape index (κ1) is 20.4. The number of carbonyl (C=O) groups is 2. The van der Waals surface area contributed by atoms with Crippen LogP contribution in [0, 0.1) is 0 Å². The number of aliphatic hydroxyl groups excluding tert-OH is 1. The Morgan fingerprint density at radius 1 is 0.935 bits per heavy atom. The van der Waals surface area contributed by atoms with Gasteiger partial charge in [0.25, 0.3) is 5.91 Å². The summed E-state index contributed by atoms with van der Waals surface area (Å²) in [5, 5.41) is 10.8. The second-order valence-corrected chi connectivity index (χ2v) is 7.38. The SMILES string of the molecule is COC(=O)c1ccc([C@H]2C(c3ccccc3)=C(O)C(=O)N2CCc2ccccc2)cc1. The molecule has 0 radical (unpaired) electrons. The predicted molar refractivity (Wildman–Crippen MR) is 118 cm³/mol. The number of ether oxygens (including phenoxy) is 1. The standard InChI is InChI=1S/C26H23NO4/c1-31-26(30)21-14-12-20(13-15-21)23-22(19-10-6-3-7-11-19)24(28)25(29)27(23)17-16-18-8-4-2-5-9-18/h2-15,23,28H,16-17H2,1H3/t23-/m0/s1. The molecule has 5 heteroatoms. The van der Waals surface area contributed by atoms with Crippen LogP contribution < -0.4 is 0 Å². The molecule has 3 aromatic rings. The lowest BCUT2D eigenvalue weighted by Crippen LogP contribution is -2.32. The topological polar surface area (TPSA) is 66.8 Å². The number of carbonyl (C=O) groups excluding carboxylic acids is 2. The van der Waals surface area contributed by atoms with Gasteiger partial charge in [0.15, 0.2) is 5.76 Å². The maximum Gasteiger partial charge on any atom is 0.337 e. The number of hydrogen-bond acceptors (Lipinski definition) is 4. The Kier molecular flexibility index (Phi) is 5.85. The molecule has 0 saturated carbocycles. The van der Waals surface area contributed by atoms with E-state index in [0.29, 0.717) is 24.1 Å². The third-order valence-electron chi connectivity index (χ3n) is 5.52. The monoisotopic (exact) mass is 413 g/mol. The quantitative estimate of drug-likeness (QED) is 0.601. The largest absolute Gasteiger partial charge is 0.503 e. The number of aliphatic hydroxyl groups is 1. The van der Waals surface area contributed by atoms with Crippen molar-refractivity contribution in [2.24, 2.45) is 0 Å². The fraction of sp³-hybridized carbons (Fsp3) is 0.154. The number of methoxy groups -OCH3 is 1. The summed E-state index contributed by atoms with van der Waals surface area (Å²) in [7, 11) is 1.34. The van der Waals surface area contributed by atoms with Crippen LogP contribution in [0.2, 0.25) is 0 Å². The van der Waals surface area contributed by atoms with Gasteiger partial charge in [0.2, 0.25) is 0 Å². The summed E-state index contributed by atoms with van der Waals surface area (Å²) in [6.45, 7) is 0.451. The van der Waals surface area contributed by atoms with Gasteiger partial charge in [-0.05, 0) is 35.2 Å². The molecule has 1 atom stereocenters. The third kappa shape index (κ3) is 4.08. The van der Waals surface area contributed by atoms with Crippen LogP contribution in [0.5, 0.6) is 0 Å². The number of amides is 1. The molecule has 5 nitrogen and oxygen atoms in total. The average molecular weight is 413 g/mol. The molecular formula is C26H23NO4. The molecule has 156 valence electrons. The summed E-state index contributed by atoms with van der Waals surface area (Å²) in [5.41, 5.74) is 3.72. The van der Waals surface area contributed by atoms with Crippen molar-refractivity contribution in [3.63, 3.8) is 0 Å². The molecule has 1 N–H and O–H groups in total. The molecule has 0 aliphatic carbocycles. The Morgan fingerprint density at radius 3 is 2.16 bits per heavy atom. The first-order chi connectivity index (χ1) is 15.1. The number of esters is 1. The minimum atomic E-state index is -0.453. The van der Waals surface area contributed by atoms with Crippen LogP contribution in [0.4, 0.5) is 0 Å². The molecule has 1 amide bonds. The van der Waals surface area contributed by atoms with Crippen LogP contribution in [-0.4, -0.2) is 35.5 Å². The van der Waals surface area contributed by atoms with E-state index in [-0.39, 0.29) is 5.76 Å². The lowest BCUT2D eigenvalue weighted by atomic mass is 9.93. The van der Waals surface area contributed by atoms with Gasteiger partial charge in [-0.25, -0.2) is 4.79 Å². The molecule has 1 aliphatic rings. The van der Waals surface area contributed by atoms with Crippen molar-refractivity contribution in [3.05, 3.63) is 113 Å². The van der Waals surface area contributed by atoms with Crippen molar-refractivity contribution in [2.75, 3.05) is 13.7 Å². The Labute approximate surface area is 181 Å². The zero-order valence-electron chi connectivity index (χ0n) is 17.2. The Morgan fingerprint density at radius 2 is 1.55 bits per heavy atom. The average Bonchev–Trinajstić information content (AvgIpc) is 3.08. The fourth-order valence-electron chi connectivity index (χ4n) is 3.96. The Hall–Kier alpha value is -3.86. The summed E-state index contributed by atoms with van der Waals surface area (Å²) in [6.07, 6.45) is 0.665.